The summed E-state index contributed by atoms with van der Waals surface area (Å²) in [5.74, 6) is 1.03. The Kier molecular flexibility index (Phi) is 3.26. The number of hydrogen-bond acceptors (Lipinski definition) is 2. The van der Waals surface area contributed by atoms with E-state index in [4.69, 9.17) is 5.73 Å². The fourth-order valence-corrected chi connectivity index (χ4v) is 6.63. The second kappa shape index (κ2) is 4.46. The average Bonchev–Trinajstić information content (AvgIpc) is 2.23. The van der Waals surface area contributed by atoms with E-state index < -0.39 is 0 Å². The highest BCUT2D eigenvalue weighted by atomic mass is 14.9. The first-order chi connectivity index (χ1) is 8.86. The van der Waals surface area contributed by atoms with Crippen molar-refractivity contribution in [2.24, 2.45) is 27.9 Å². The van der Waals surface area contributed by atoms with E-state index in [1.807, 2.05) is 0 Å². The Morgan fingerprint density at radius 3 is 2.26 bits per heavy atom. The maximum atomic E-state index is 5.70. The van der Waals surface area contributed by atoms with Crippen LogP contribution in [0.15, 0.2) is 0 Å². The molecule has 0 heterocycles. The summed E-state index contributed by atoms with van der Waals surface area (Å²) in [5, 5.41) is 3.61. The largest absolute Gasteiger partial charge is 0.329 e. The van der Waals surface area contributed by atoms with Crippen molar-refractivity contribution >= 4 is 0 Å². The van der Waals surface area contributed by atoms with Gasteiger partial charge in [-0.15, -0.1) is 0 Å². The molecule has 3 N–H and O–H groups in total. The van der Waals surface area contributed by atoms with Crippen LogP contribution in [0.1, 0.15) is 65.7 Å². The van der Waals surface area contributed by atoms with E-state index in [1.165, 1.54) is 44.9 Å². The van der Waals surface area contributed by atoms with Crippen molar-refractivity contribution in [1.82, 2.24) is 5.32 Å². The molecular formula is C17H32N2. The molecule has 4 aliphatic rings. The zero-order chi connectivity index (χ0) is 13.7. The van der Waals surface area contributed by atoms with Crippen LogP contribution < -0.4 is 11.1 Å². The number of rotatable bonds is 5. The van der Waals surface area contributed by atoms with E-state index in [1.54, 1.807) is 0 Å². The van der Waals surface area contributed by atoms with Gasteiger partial charge in [0, 0.05) is 12.6 Å². The van der Waals surface area contributed by atoms with Crippen molar-refractivity contribution in [1.29, 1.82) is 0 Å². The first-order valence-electron chi connectivity index (χ1n) is 8.30. The molecule has 2 heteroatoms. The molecule has 4 bridgehead atoms. The van der Waals surface area contributed by atoms with Gasteiger partial charge in [-0.2, -0.15) is 0 Å². The first-order valence-corrected chi connectivity index (χ1v) is 8.30. The lowest BCUT2D eigenvalue weighted by Crippen LogP contribution is -2.55. The smallest absolute Gasteiger partial charge is 0.0161 e. The van der Waals surface area contributed by atoms with Crippen molar-refractivity contribution < 1.29 is 0 Å². The predicted molar refractivity (Wildman–Crippen MR) is 81.0 cm³/mol. The minimum absolute atomic E-state index is 0.472. The topological polar surface area (TPSA) is 38.0 Å². The summed E-state index contributed by atoms with van der Waals surface area (Å²) < 4.78 is 0. The molecule has 4 rings (SSSR count). The quantitative estimate of drug-likeness (QED) is 0.799. The summed E-state index contributed by atoms with van der Waals surface area (Å²) in [6, 6.07) is 0.472. The van der Waals surface area contributed by atoms with Gasteiger partial charge in [0.1, 0.15) is 0 Å². The molecule has 0 radical (unpaired) electrons. The minimum atomic E-state index is 0.472. The molecular weight excluding hydrogens is 232 g/mol. The Hall–Kier alpha value is -0.0800. The lowest BCUT2D eigenvalue weighted by Gasteiger charge is -2.65. The standard InChI is InChI=1S/C17H32N2/c1-13(9-18)19-5-4-17-8-14-6-15(2,11-17)10-16(3,7-14)12-17/h13-14,19H,4-12,18H2,1-3H3. The molecule has 0 saturated heterocycles. The molecule has 0 amide bonds. The maximum absolute atomic E-state index is 5.70. The third-order valence-electron chi connectivity index (χ3n) is 6.24. The molecule has 4 fully saturated rings. The van der Waals surface area contributed by atoms with Gasteiger partial charge < -0.3 is 11.1 Å². The summed E-state index contributed by atoms with van der Waals surface area (Å²) in [5.41, 5.74) is 7.68. The lowest BCUT2D eigenvalue weighted by atomic mass is 9.40. The van der Waals surface area contributed by atoms with Gasteiger partial charge in [-0.3, -0.25) is 0 Å². The van der Waals surface area contributed by atoms with Crippen molar-refractivity contribution in [3.8, 4) is 0 Å². The van der Waals surface area contributed by atoms with E-state index in [0.29, 0.717) is 22.3 Å². The van der Waals surface area contributed by atoms with Crippen molar-refractivity contribution in [2.45, 2.75) is 71.8 Å². The molecule has 0 aromatic heterocycles. The number of nitrogens with two attached hydrogens (primary N) is 1. The van der Waals surface area contributed by atoms with Gasteiger partial charge in [0.05, 0.1) is 0 Å². The zero-order valence-electron chi connectivity index (χ0n) is 13.1. The molecule has 4 saturated carbocycles. The molecule has 110 valence electrons. The van der Waals surface area contributed by atoms with Crippen molar-refractivity contribution in [3.05, 3.63) is 0 Å². The van der Waals surface area contributed by atoms with Gasteiger partial charge in [-0.25, -0.2) is 0 Å². The predicted octanol–water partition coefficient (Wildman–Crippen LogP) is 3.31. The van der Waals surface area contributed by atoms with E-state index in [0.717, 1.165) is 19.0 Å². The molecule has 0 spiro atoms. The van der Waals surface area contributed by atoms with Gasteiger partial charge in [-0.05, 0) is 80.6 Å². The van der Waals surface area contributed by atoms with Crippen LogP contribution in [0.3, 0.4) is 0 Å². The van der Waals surface area contributed by atoms with Crippen LogP contribution in [0.4, 0.5) is 0 Å². The van der Waals surface area contributed by atoms with E-state index in [9.17, 15) is 0 Å². The minimum Gasteiger partial charge on any atom is -0.329 e. The van der Waals surface area contributed by atoms with Crippen LogP contribution >= 0.6 is 0 Å². The maximum Gasteiger partial charge on any atom is 0.0161 e. The molecule has 2 nitrogen and oxygen atoms in total. The summed E-state index contributed by atoms with van der Waals surface area (Å²) in [4.78, 5) is 0. The molecule has 19 heavy (non-hydrogen) atoms. The normalized spacial score (nSPS) is 49.6. The summed E-state index contributed by atoms with van der Waals surface area (Å²) in [7, 11) is 0. The molecule has 3 unspecified atom stereocenters. The Morgan fingerprint density at radius 2 is 1.74 bits per heavy atom. The fraction of sp³-hybridized carbons (Fsp3) is 1.00. The summed E-state index contributed by atoms with van der Waals surface area (Å²) in [6.45, 7) is 9.26. The Labute approximate surface area is 118 Å². The molecule has 3 atom stereocenters. The number of nitrogens with one attached hydrogen (secondary N) is 1. The van der Waals surface area contributed by atoms with E-state index >= 15 is 0 Å². The van der Waals surface area contributed by atoms with Crippen LogP contribution in [0.5, 0.6) is 0 Å². The molecule has 0 aliphatic heterocycles. The first kappa shape index (κ1) is 13.9. The second-order valence-corrected chi connectivity index (χ2v) is 8.97. The fourth-order valence-electron chi connectivity index (χ4n) is 6.63. The highest BCUT2D eigenvalue weighted by Crippen LogP contribution is 2.70. The van der Waals surface area contributed by atoms with Gasteiger partial charge in [0.25, 0.3) is 0 Å². The SMILES string of the molecule is CC(CN)NCCC12CC3CC(C)(CC(C)(C3)C1)C2. The Morgan fingerprint density at radius 1 is 1.11 bits per heavy atom. The van der Waals surface area contributed by atoms with Gasteiger partial charge in [0.15, 0.2) is 0 Å². The highest BCUT2D eigenvalue weighted by Gasteiger charge is 2.59. The molecule has 4 aliphatic carbocycles. The van der Waals surface area contributed by atoms with Crippen molar-refractivity contribution in [2.75, 3.05) is 13.1 Å². The van der Waals surface area contributed by atoms with Crippen LogP contribution in [-0.4, -0.2) is 19.1 Å². The average molecular weight is 264 g/mol. The Bertz CT molecular complexity index is 333. The van der Waals surface area contributed by atoms with Crippen LogP contribution in [0.25, 0.3) is 0 Å². The highest BCUT2D eigenvalue weighted by molar-refractivity contribution is 5.10. The Balaban J connectivity index is 1.67. The van der Waals surface area contributed by atoms with Gasteiger partial charge in [-0.1, -0.05) is 13.8 Å². The molecule has 0 aromatic rings. The van der Waals surface area contributed by atoms with E-state index in [-0.39, 0.29) is 0 Å². The summed E-state index contributed by atoms with van der Waals surface area (Å²) in [6.07, 6.45) is 10.4. The van der Waals surface area contributed by atoms with Crippen LogP contribution in [0.2, 0.25) is 0 Å². The van der Waals surface area contributed by atoms with Crippen molar-refractivity contribution in [3.63, 3.8) is 0 Å². The third-order valence-corrected chi connectivity index (χ3v) is 6.24. The van der Waals surface area contributed by atoms with E-state index in [2.05, 4.69) is 26.1 Å². The van der Waals surface area contributed by atoms with Gasteiger partial charge in [0.2, 0.25) is 0 Å². The number of hydrogen-bond donors (Lipinski definition) is 2. The monoisotopic (exact) mass is 264 g/mol. The summed E-state index contributed by atoms with van der Waals surface area (Å²) >= 11 is 0. The van der Waals surface area contributed by atoms with Gasteiger partial charge >= 0.3 is 0 Å². The third kappa shape index (κ3) is 2.58. The lowest BCUT2D eigenvalue weighted by molar-refractivity contribution is -0.147. The molecule has 0 aromatic carbocycles. The van der Waals surface area contributed by atoms with Crippen LogP contribution in [0, 0.1) is 22.2 Å². The second-order valence-electron chi connectivity index (χ2n) is 8.97. The zero-order valence-corrected chi connectivity index (χ0v) is 13.1. The van der Waals surface area contributed by atoms with Crippen LogP contribution in [-0.2, 0) is 0 Å².